The highest BCUT2D eigenvalue weighted by Gasteiger charge is 2.17. The van der Waals surface area contributed by atoms with Gasteiger partial charge >= 0.3 is 0 Å². The second-order valence-electron chi connectivity index (χ2n) is 8.84. The van der Waals surface area contributed by atoms with E-state index in [1.807, 2.05) is 42.6 Å². The van der Waals surface area contributed by atoms with E-state index in [2.05, 4.69) is 61.5 Å². The van der Waals surface area contributed by atoms with E-state index in [-0.39, 0.29) is 11.7 Å². The summed E-state index contributed by atoms with van der Waals surface area (Å²) in [4.78, 5) is 9.55. The molecular weight excluding hydrogens is 444 g/mol. The summed E-state index contributed by atoms with van der Waals surface area (Å²) < 4.78 is 6.03. The highest BCUT2D eigenvalue weighted by atomic mass is 16.3. The lowest BCUT2D eigenvalue weighted by atomic mass is 9.89. The molecule has 4 aromatic carbocycles. The minimum atomic E-state index is 0.142. The second-order valence-corrected chi connectivity index (χ2v) is 8.84. The number of para-hydroxylation sites is 2. The SMILES string of the molecule is CC(c1ccccc1)c1cccnc1-c1cccc(-c2cccc3oc(-c4ccccc4O)nc23)c1. The third kappa shape index (κ3) is 3.93. The minimum Gasteiger partial charge on any atom is -0.507 e. The molecule has 0 bridgehead atoms. The van der Waals surface area contributed by atoms with Gasteiger partial charge in [-0.1, -0.05) is 85.8 Å². The molecule has 0 aliphatic heterocycles. The number of nitrogens with zero attached hydrogens (tertiary/aromatic N) is 2. The summed E-state index contributed by atoms with van der Waals surface area (Å²) >= 11 is 0. The molecule has 1 N–H and O–H groups in total. The maximum Gasteiger partial charge on any atom is 0.231 e. The molecule has 0 aliphatic carbocycles. The molecule has 4 nitrogen and oxygen atoms in total. The Labute approximate surface area is 209 Å². The van der Waals surface area contributed by atoms with Crippen molar-refractivity contribution in [3.8, 4) is 39.6 Å². The summed E-state index contributed by atoms with van der Waals surface area (Å²) in [6.07, 6.45) is 1.85. The van der Waals surface area contributed by atoms with Gasteiger partial charge in [0.1, 0.15) is 11.3 Å². The van der Waals surface area contributed by atoms with Crippen LogP contribution in [0.3, 0.4) is 0 Å². The number of hydrogen-bond acceptors (Lipinski definition) is 4. The lowest BCUT2D eigenvalue weighted by molar-refractivity contribution is 0.474. The number of rotatable bonds is 5. The number of fused-ring (bicyclic) bond motifs is 1. The molecule has 36 heavy (non-hydrogen) atoms. The van der Waals surface area contributed by atoms with Crippen LogP contribution in [0.1, 0.15) is 24.0 Å². The van der Waals surface area contributed by atoms with Crippen molar-refractivity contribution in [1.82, 2.24) is 9.97 Å². The summed E-state index contributed by atoms with van der Waals surface area (Å²) in [6, 6.07) is 36.0. The molecule has 2 heterocycles. The van der Waals surface area contributed by atoms with Gasteiger partial charge in [0.25, 0.3) is 0 Å². The van der Waals surface area contributed by atoms with E-state index in [0.717, 1.165) is 27.9 Å². The van der Waals surface area contributed by atoms with Gasteiger partial charge in [-0.25, -0.2) is 4.98 Å². The first-order valence-electron chi connectivity index (χ1n) is 12.0. The Morgan fingerprint density at radius 3 is 2.33 bits per heavy atom. The first-order chi connectivity index (χ1) is 17.7. The Balaban J connectivity index is 1.44. The first kappa shape index (κ1) is 21.8. The largest absolute Gasteiger partial charge is 0.507 e. The van der Waals surface area contributed by atoms with Crippen molar-refractivity contribution >= 4 is 11.1 Å². The lowest BCUT2D eigenvalue weighted by Crippen LogP contribution is -2.00. The van der Waals surface area contributed by atoms with Crippen molar-refractivity contribution in [3.63, 3.8) is 0 Å². The summed E-state index contributed by atoms with van der Waals surface area (Å²) in [5, 5.41) is 10.3. The van der Waals surface area contributed by atoms with Gasteiger partial charge in [-0.15, -0.1) is 0 Å². The molecule has 174 valence electrons. The quantitative estimate of drug-likeness (QED) is 0.278. The maximum absolute atomic E-state index is 10.3. The highest BCUT2D eigenvalue weighted by molar-refractivity contribution is 5.93. The molecule has 0 saturated carbocycles. The number of pyridine rings is 1. The molecule has 0 aliphatic rings. The molecule has 6 rings (SSSR count). The van der Waals surface area contributed by atoms with Gasteiger partial charge in [0.15, 0.2) is 5.58 Å². The topological polar surface area (TPSA) is 59.2 Å². The van der Waals surface area contributed by atoms with E-state index in [0.29, 0.717) is 17.0 Å². The Kier molecular flexibility index (Phi) is 5.55. The lowest BCUT2D eigenvalue weighted by Gasteiger charge is -2.17. The zero-order chi connectivity index (χ0) is 24.5. The second kappa shape index (κ2) is 9.16. The Bertz CT molecular complexity index is 1670. The molecule has 0 amide bonds. The van der Waals surface area contributed by atoms with E-state index in [4.69, 9.17) is 14.4 Å². The predicted octanol–water partition coefficient (Wildman–Crippen LogP) is 8.08. The fourth-order valence-electron chi connectivity index (χ4n) is 4.71. The van der Waals surface area contributed by atoms with Gasteiger partial charge in [-0.3, -0.25) is 4.98 Å². The summed E-state index contributed by atoms with van der Waals surface area (Å²) in [6.45, 7) is 2.22. The predicted molar refractivity (Wildman–Crippen MR) is 144 cm³/mol. The summed E-state index contributed by atoms with van der Waals surface area (Å²) in [7, 11) is 0. The van der Waals surface area contributed by atoms with Crippen LogP contribution in [0.15, 0.2) is 120 Å². The molecule has 1 unspecified atom stereocenters. The van der Waals surface area contributed by atoms with Gasteiger partial charge in [-0.2, -0.15) is 0 Å². The summed E-state index contributed by atoms with van der Waals surface area (Å²) in [5.41, 5.74) is 8.45. The monoisotopic (exact) mass is 468 g/mol. The van der Waals surface area contributed by atoms with Crippen molar-refractivity contribution in [2.24, 2.45) is 0 Å². The zero-order valence-corrected chi connectivity index (χ0v) is 19.8. The van der Waals surface area contributed by atoms with Crippen molar-refractivity contribution < 1.29 is 9.52 Å². The van der Waals surface area contributed by atoms with Crippen LogP contribution in [0, 0.1) is 0 Å². The van der Waals surface area contributed by atoms with Gasteiger partial charge in [-0.05, 0) is 47.0 Å². The number of hydrogen-bond donors (Lipinski definition) is 1. The molecule has 1 atom stereocenters. The van der Waals surface area contributed by atoms with E-state index in [1.54, 1.807) is 18.2 Å². The molecule has 2 aromatic heterocycles. The number of phenolic OH excluding ortho intramolecular Hbond substituents is 1. The summed E-state index contributed by atoms with van der Waals surface area (Å²) in [5.74, 6) is 0.747. The average molecular weight is 469 g/mol. The van der Waals surface area contributed by atoms with Crippen LogP contribution < -0.4 is 0 Å². The van der Waals surface area contributed by atoms with Crippen molar-refractivity contribution in [2.75, 3.05) is 0 Å². The third-order valence-electron chi connectivity index (χ3n) is 6.61. The number of oxazole rings is 1. The number of aromatic nitrogens is 2. The first-order valence-corrected chi connectivity index (χ1v) is 12.0. The Morgan fingerprint density at radius 2 is 1.47 bits per heavy atom. The van der Waals surface area contributed by atoms with Crippen LogP contribution in [0.4, 0.5) is 0 Å². The van der Waals surface area contributed by atoms with Gasteiger partial charge < -0.3 is 9.52 Å². The standard InChI is InChI=1S/C32H24N2O2/c1-21(22-10-3-2-4-11-22)25-16-9-19-33-30(25)24-13-7-12-23(20-24)26-15-8-18-29-31(26)34-32(36-29)27-14-5-6-17-28(27)35/h2-21,35H,1H3. The van der Waals surface area contributed by atoms with E-state index >= 15 is 0 Å². The van der Waals surface area contributed by atoms with Crippen LogP contribution in [0.2, 0.25) is 0 Å². The molecule has 0 saturated heterocycles. The van der Waals surface area contributed by atoms with Gasteiger partial charge in [0.2, 0.25) is 5.89 Å². The molecule has 0 fully saturated rings. The fraction of sp³-hybridized carbons (Fsp3) is 0.0625. The van der Waals surface area contributed by atoms with E-state index < -0.39 is 0 Å². The van der Waals surface area contributed by atoms with Crippen LogP contribution in [-0.4, -0.2) is 15.1 Å². The van der Waals surface area contributed by atoms with Crippen molar-refractivity contribution in [3.05, 3.63) is 127 Å². The zero-order valence-electron chi connectivity index (χ0n) is 19.8. The van der Waals surface area contributed by atoms with Crippen LogP contribution in [-0.2, 0) is 0 Å². The van der Waals surface area contributed by atoms with Gasteiger partial charge in [0.05, 0.1) is 11.3 Å². The maximum atomic E-state index is 10.3. The Hall–Kier alpha value is -4.70. The van der Waals surface area contributed by atoms with Crippen molar-refractivity contribution in [1.29, 1.82) is 0 Å². The highest BCUT2D eigenvalue weighted by Crippen LogP contribution is 2.37. The fourth-order valence-corrected chi connectivity index (χ4v) is 4.71. The minimum absolute atomic E-state index is 0.142. The molecular formula is C32H24N2O2. The normalized spacial score (nSPS) is 12.0. The smallest absolute Gasteiger partial charge is 0.231 e. The number of phenols is 1. The van der Waals surface area contributed by atoms with Crippen LogP contribution >= 0.6 is 0 Å². The Morgan fingerprint density at radius 1 is 0.722 bits per heavy atom. The molecule has 4 heteroatoms. The number of benzene rings is 4. The third-order valence-corrected chi connectivity index (χ3v) is 6.61. The van der Waals surface area contributed by atoms with Crippen molar-refractivity contribution in [2.45, 2.75) is 12.8 Å². The van der Waals surface area contributed by atoms with Gasteiger partial charge in [0, 0.05) is 23.2 Å². The van der Waals surface area contributed by atoms with Crippen LogP contribution in [0.25, 0.3) is 44.9 Å². The molecule has 6 aromatic rings. The van der Waals surface area contributed by atoms with E-state index in [1.165, 1.54) is 11.1 Å². The van der Waals surface area contributed by atoms with Crippen LogP contribution in [0.5, 0.6) is 5.75 Å². The van der Waals surface area contributed by atoms with E-state index in [9.17, 15) is 5.11 Å². The molecule has 0 spiro atoms. The number of aromatic hydroxyl groups is 1. The average Bonchev–Trinajstić information content (AvgIpc) is 3.38. The molecule has 0 radical (unpaired) electrons.